The van der Waals surface area contributed by atoms with Gasteiger partial charge in [0.2, 0.25) is 5.91 Å². The van der Waals surface area contributed by atoms with Crippen LogP contribution in [0.25, 0.3) is 0 Å². The Morgan fingerprint density at radius 1 is 0.800 bits per heavy atom. The zero-order chi connectivity index (χ0) is 22.0. The second-order valence-corrected chi connectivity index (χ2v) is 8.76. The Morgan fingerprint density at radius 3 is 1.83 bits per heavy atom. The molecule has 0 fully saturated rings. The Morgan fingerprint density at radius 2 is 1.30 bits per heavy atom. The van der Waals surface area contributed by atoms with Gasteiger partial charge in [-0.25, -0.2) is 4.79 Å². The number of benzene rings is 1. The molecule has 0 spiro atoms. The van der Waals surface area contributed by atoms with Crippen LogP contribution >= 0.6 is 0 Å². The molecule has 0 atom stereocenters. The Hall–Kier alpha value is -1.84. The zero-order valence-electron chi connectivity index (χ0n) is 19.5. The highest BCUT2D eigenvalue weighted by atomic mass is 16.5. The van der Waals surface area contributed by atoms with Gasteiger partial charge in [-0.15, -0.1) is 0 Å². The number of carbonyl (C=O) groups excluding carboxylic acids is 2. The van der Waals surface area contributed by atoms with Crippen LogP contribution in [0.3, 0.4) is 0 Å². The number of methoxy groups -OCH3 is 1. The average molecular weight is 418 g/mol. The lowest BCUT2D eigenvalue weighted by molar-refractivity contribution is -0.116. The smallest absolute Gasteiger partial charge is 0.339 e. The standard InChI is InChI=1S/C26H43NO3/c1-22(2)18-14-12-10-8-6-4-5-7-9-11-13-15-21-25(28)27-24-20-17-16-19-23(24)26(29)30-3/h16-17,19-20,22H,4-15,18,21H2,1-3H3,(H,27,28). The van der Waals surface area contributed by atoms with Crippen molar-refractivity contribution in [2.24, 2.45) is 5.92 Å². The molecule has 1 aromatic carbocycles. The Labute approximate surface area is 184 Å². The van der Waals surface area contributed by atoms with E-state index in [0.29, 0.717) is 17.7 Å². The number of unbranched alkanes of at least 4 members (excludes halogenated alkanes) is 11. The number of ether oxygens (including phenoxy) is 1. The summed E-state index contributed by atoms with van der Waals surface area (Å²) in [6.45, 7) is 4.61. The molecule has 0 saturated heterocycles. The topological polar surface area (TPSA) is 55.4 Å². The van der Waals surface area contributed by atoms with Crippen LogP contribution in [0.1, 0.15) is 114 Å². The normalized spacial score (nSPS) is 10.9. The van der Waals surface area contributed by atoms with Gasteiger partial charge in [0.05, 0.1) is 18.4 Å². The minimum atomic E-state index is -0.433. The summed E-state index contributed by atoms with van der Waals surface area (Å²) in [6, 6.07) is 6.95. The monoisotopic (exact) mass is 417 g/mol. The van der Waals surface area contributed by atoms with Gasteiger partial charge in [-0.2, -0.15) is 0 Å². The van der Waals surface area contributed by atoms with Crippen molar-refractivity contribution in [3.05, 3.63) is 29.8 Å². The first kappa shape index (κ1) is 26.2. The molecule has 0 bridgehead atoms. The first-order valence-corrected chi connectivity index (χ1v) is 12.0. The van der Waals surface area contributed by atoms with Gasteiger partial charge in [-0.3, -0.25) is 4.79 Å². The number of rotatable bonds is 17. The minimum Gasteiger partial charge on any atom is -0.465 e. The summed E-state index contributed by atoms with van der Waals surface area (Å²) in [5.74, 6) is 0.374. The van der Waals surface area contributed by atoms with Crippen molar-refractivity contribution < 1.29 is 14.3 Å². The van der Waals surface area contributed by atoms with Crippen LogP contribution in [0.15, 0.2) is 24.3 Å². The first-order chi connectivity index (χ1) is 14.5. The predicted octanol–water partition coefficient (Wildman–Crippen LogP) is 7.53. The molecule has 30 heavy (non-hydrogen) atoms. The minimum absolute atomic E-state index is 0.0419. The summed E-state index contributed by atoms with van der Waals surface area (Å²) in [5.41, 5.74) is 0.915. The lowest BCUT2D eigenvalue weighted by atomic mass is 10.0. The highest BCUT2D eigenvalue weighted by Gasteiger charge is 2.12. The molecule has 1 N–H and O–H groups in total. The molecule has 0 aliphatic carbocycles. The van der Waals surface area contributed by atoms with Gasteiger partial charge in [0.25, 0.3) is 0 Å². The molecule has 0 saturated carbocycles. The fourth-order valence-corrected chi connectivity index (χ4v) is 3.70. The van der Waals surface area contributed by atoms with Gasteiger partial charge in [0, 0.05) is 6.42 Å². The molecular weight excluding hydrogens is 374 g/mol. The third kappa shape index (κ3) is 12.7. The van der Waals surface area contributed by atoms with E-state index in [0.717, 1.165) is 18.8 Å². The highest BCUT2D eigenvalue weighted by Crippen LogP contribution is 2.17. The predicted molar refractivity (Wildman–Crippen MR) is 126 cm³/mol. The molecule has 1 rings (SSSR count). The number of carbonyl (C=O) groups is 2. The van der Waals surface area contributed by atoms with Crippen LogP contribution in [0.5, 0.6) is 0 Å². The second-order valence-electron chi connectivity index (χ2n) is 8.76. The third-order valence-corrected chi connectivity index (χ3v) is 5.54. The lowest BCUT2D eigenvalue weighted by Gasteiger charge is -2.09. The van der Waals surface area contributed by atoms with Crippen molar-refractivity contribution in [3.63, 3.8) is 0 Å². The Bertz CT molecular complexity index is 598. The quantitative estimate of drug-likeness (QED) is 0.210. The van der Waals surface area contributed by atoms with E-state index in [1.54, 1.807) is 24.3 Å². The van der Waals surface area contributed by atoms with Gasteiger partial charge in [-0.1, -0.05) is 103 Å². The largest absolute Gasteiger partial charge is 0.465 e. The second kappa shape index (κ2) is 16.9. The maximum absolute atomic E-state index is 12.1. The van der Waals surface area contributed by atoms with Crippen molar-refractivity contribution in [3.8, 4) is 0 Å². The number of hydrogen-bond donors (Lipinski definition) is 1. The van der Waals surface area contributed by atoms with Crippen LogP contribution in [-0.4, -0.2) is 19.0 Å². The van der Waals surface area contributed by atoms with E-state index in [4.69, 9.17) is 4.74 Å². The number of nitrogens with one attached hydrogen (secondary N) is 1. The molecule has 170 valence electrons. The molecule has 1 amide bonds. The van der Waals surface area contributed by atoms with Crippen LogP contribution in [0.2, 0.25) is 0 Å². The number of para-hydroxylation sites is 1. The number of amides is 1. The summed E-state index contributed by atoms with van der Waals surface area (Å²) < 4.78 is 4.76. The molecule has 0 aliphatic heterocycles. The molecular formula is C26H43NO3. The summed E-state index contributed by atoms with van der Waals surface area (Å²) in [7, 11) is 1.34. The number of hydrogen-bond acceptors (Lipinski definition) is 3. The van der Waals surface area contributed by atoms with E-state index in [-0.39, 0.29) is 5.91 Å². The zero-order valence-corrected chi connectivity index (χ0v) is 19.5. The van der Waals surface area contributed by atoms with E-state index in [9.17, 15) is 9.59 Å². The lowest BCUT2D eigenvalue weighted by Crippen LogP contribution is -2.14. The molecule has 0 aliphatic rings. The van der Waals surface area contributed by atoms with Crippen molar-refractivity contribution >= 4 is 17.6 Å². The van der Waals surface area contributed by atoms with E-state index >= 15 is 0 Å². The number of esters is 1. The van der Waals surface area contributed by atoms with Crippen molar-refractivity contribution in [2.75, 3.05) is 12.4 Å². The fraction of sp³-hybridized carbons (Fsp3) is 0.692. The van der Waals surface area contributed by atoms with Gasteiger partial charge >= 0.3 is 5.97 Å². The maximum atomic E-state index is 12.1. The molecule has 4 nitrogen and oxygen atoms in total. The van der Waals surface area contributed by atoms with Crippen LogP contribution in [0, 0.1) is 5.92 Å². The van der Waals surface area contributed by atoms with Crippen LogP contribution < -0.4 is 5.32 Å². The third-order valence-electron chi connectivity index (χ3n) is 5.54. The van der Waals surface area contributed by atoms with Gasteiger partial charge in [-0.05, 0) is 24.5 Å². The molecule has 0 heterocycles. The molecule has 0 aromatic heterocycles. The molecule has 0 radical (unpaired) electrons. The Balaban J connectivity index is 1.97. The maximum Gasteiger partial charge on any atom is 0.339 e. The van der Waals surface area contributed by atoms with Crippen LogP contribution in [0.4, 0.5) is 5.69 Å². The van der Waals surface area contributed by atoms with Crippen molar-refractivity contribution in [1.29, 1.82) is 0 Å². The Kier molecular flexibility index (Phi) is 14.8. The number of anilines is 1. The first-order valence-electron chi connectivity index (χ1n) is 12.0. The van der Waals surface area contributed by atoms with E-state index in [2.05, 4.69) is 19.2 Å². The fourth-order valence-electron chi connectivity index (χ4n) is 3.70. The van der Waals surface area contributed by atoms with E-state index in [1.807, 2.05) is 0 Å². The van der Waals surface area contributed by atoms with Crippen molar-refractivity contribution in [1.82, 2.24) is 0 Å². The SMILES string of the molecule is COC(=O)c1ccccc1NC(=O)CCCCCCCCCCCCCCC(C)C. The van der Waals surface area contributed by atoms with E-state index in [1.165, 1.54) is 77.7 Å². The average Bonchev–Trinajstić information content (AvgIpc) is 2.73. The van der Waals surface area contributed by atoms with Crippen LogP contribution in [-0.2, 0) is 9.53 Å². The van der Waals surface area contributed by atoms with Gasteiger partial charge < -0.3 is 10.1 Å². The van der Waals surface area contributed by atoms with E-state index < -0.39 is 5.97 Å². The summed E-state index contributed by atoms with van der Waals surface area (Å²) in [4.78, 5) is 23.9. The van der Waals surface area contributed by atoms with Gasteiger partial charge in [0.1, 0.15) is 0 Å². The van der Waals surface area contributed by atoms with Crippen molar-refractivity contribution in [2.45, 2.75) is 104 Å². The molecule has 1 aromatic rings. The molecule has 0 unspecified atom stereocenters. The highest BCUT2D eigenvalue weighted by molar-refractivity contribution is 6.01. The summed E-state index contributed by atoms with van der Waals surface area (Å²) >= 11 is 0. The van der Waals surface area contributed by atoms with Gasteiger partial charge in [0.15, 0.2) is 0 Å². The molecule has 4 heteroatoms. The summed E-state index contributed by atoms with van der Waals surface area (Å²) in [5, 5.41) is 2.83. The summed E-state index contributed by atoms with van der Waals surface area (Å²) in [6.07, 6.45) is 17.3.